The molecule has 1 aromatic carbocycles. The van der Waals surface area contributed by atoms with Crippen LogP contribution >= 0.6 is 0 Å². The summed E-state index contributed by atoms with van der Waals surface area (Å²) in [6, 6.07) is 10.2. The van der Waals surface area contributed by atoms with Crippen molar-refractivity contribution >= 4 is 5.91 Å². The summed E-state index contributed by atoms with van der Waals surface area (Å²) < 4.78 is 0. The van der Waals surface area contributed by atoms with E-state index < -0.39 is 0 Å². The lowest BCUT2D eigenvalue weighted by atomic mass is 9.64. The van der Waals surface area contributed by atoms with Gasteiger partial charge in [-0.2, -0.15) is 0 Å². The lowest BCUT2D eigenvalue weighted by Gasteiger charge is -2.40. The van der Waals surface area contributed by atoms with E-state index in [1.54, 1.807) is 0 Å². The summed E-state index contributed by atoms with van der Waals surface area (Å²) >= 11 is 0. The van der Waals surface area contributed by atoms with Crippen LogP contribution in [0.3, 0.4) is 0 Å². The molecule has 1 aliphatic carbocycles. The van der Waals surface area contributed by atoms with Crippen molar-refractivity contribution in [1.82, 2.24) is 5.32 Å². The second kappa shape index (κ2) is 6.03. The molecule has 1 amide bonds. The number of carbonyl (C=O) groups is 1. The number of hydrogen-bond acceptors (Lipinski definition) is 1. The fourth-order valence-electron chi connectivity index (χ4n) is 2.68. The van der Waals surface area contributed by atoms with Crippen LogP contribution in [-0.2, 0) is 10.2 Å². The van der Waals surface area contributed by atoms with Crippen molar-refractivity contribution in [3.05, 3.63) is 35.9 Å². The first kappa shape index (κ1) is 13.1. The summed E-state index contributed by atoms with van der Waals surface area (Å²) in [7, 11) is 0. The molecule has 1 aromatic rings. The van der Waals surface area contributed by atoms with Crippen molar-refractivity contribution in [2.75, 3.05) is 6.54 Å². The molecular weight excluding hydrogens is 222 g/mol. The highest BCUT2D eigenvalue weighted by Gasteiger charge is 2.45. The van der Waals surface area contributed by atoms with Crippen LogP contribution in [0.5, 0.6) is 0 Å². The molecule has 1 aliphatic rings. The zero-order chi connectivity index (χ0) is 12.8. The highest BCUT2D eigenvalue weighted by Crippen LogP contribution is 2.43. The number of carbonyl (C=O) groups excluding carboxylic acids is 1. The van der Waals surface area contributed by atoms with Gasteiger partial charge in [-0.25, -0.2) is 0 Å². The van der Waals surface area contributed by atoms with Crippen LogP contribution in [0.1, 0.15) is 51.0 Å². The van der Waals surface area contributed by atoms with E-state index >= 15 is 0 Å². The van der Waals surface area contributed by atoms with Crippen LogP contribution in [0.15, 0.2) is 30.3 Å². The predicted octanol–water partition coefficient (Wildman–Crippen LogP) is 3.41. The van der Waals surface area contributed by atoms with Gasteiger partial charge in [0, 0.05) is 6.54 Å². The molecule has 0 heterocycles. The molecule has 0 saturated heterocycles. The van der Waals surface area contributed by atoms with E-state index in [-0.39, 0.29) is 11.3 Å². The van der Waals surface area contributed by atoms with Gasteiger partial charge in [0.25, 0.3) is 0 Å². The van der Waals surface area contributed by atoms with Gasteiger partial charge in [-0.15, -0.1) is 0 Å². The lowest BCUT2D eigenvalue weighted by molar-refractivity contribution is -0.129. The van der Waals surface area contributed by atoms with Crippen molar-refractivity contribution in [2.24, 2.45) is 0 Å². The fourth-order valence-corrected chi connectivity index (χ4v) is 2.68. The molecule has 0 atom stereocenters. The number of unbranched alkanes of at least 4 members (excludes halogenated alkanes) is 2. The van der Waals surface area contributed by atoms with Gasteiger partial charge < -0.3 is 5.32 Å². The first-order valence-corrected chi connectivity index (χ1v) is 7.13. The monoisotopic (exact) mass is 245 g/mol. The average Bonchev–Trinajstić information content (AvgIpc) is 2.35. The molecule has 1 N–H and O–H groups in total. The third-order valence-corrected chi connectivity index (χ3v) is 4.03. The van der Waals surface area contributed by atoms with Crippen molar-refractivity contribution < 1.29 is 4.79 Å². The van der Waals surface area contributed by atoms with Gasteiger partial charge in [-0.3, -0.25) is 4.79 Å². The summed E-state index contributed by atoms with van der Waals surface area (Å²) in [6.07, 6.45) is 6.63. The lowest BCUT2D eigenvalue weighted by Crippen LogP contribution is -2.49. The number of nitrogens with one attached hydrogen (secondary N) is 1. The Morgan fingerprint density at radius 3 is 2.50 bits per heavy atom. The minimum absolute atomic E-state index is 0.229. The summed E-state index contributed by atoms with van der Waals surface area (Å²) in [5, 5.41) is 3.12. The van der Waals surface area contributed by atoms with E-state index in [0.717, 1.165) is 32.2 Å². The van der Waals surface area contributed by atoms with E-state index in [0.29, 0.717) is 0 Å². The quantitative estimate of drug-likeness (QED) is 0.764. The van der Waals surface area contributed by atoms with Gasteiger partial charge in [-0.1, -0.05) is 56.5 Å². The summed E-state index contributed by atoms with van der Waals surface area (Å²) in [5.41, 5.74) is 0.956. The van der Waals surface area contributed by atoms with E-state index in [4.69, 9.17) is 0 Å². The Morgan fingerprint density at radius 2 is 1.94 bits per heavy atom. The Bertz CT molecular complexity index is 381. The molecule has 2 nitrogen and oxygen atoms in total. The maximum atomic E-state index is 12.4. The minimum Gasteiger partial charge on any atom is -0.355 e. The van der Waals surface area contributed by atoms with Crippen LogP contribution in [0.4, 0.5) is 0 Å². The molecule has 98 valence electrons. The van der Waals surface area contributed by atoms with Gasteiger partial charge in [-0.05, 0) is 24.8 Å². The third kappa shape index (κ3) is 2.58. The van der Waals surface area contributed by atoms with E-state index in [9.17, 15) is 4.79 Å². The third-order valence-electron chi connectivity index (χ3n) is 4.03. The van der Waals surface area contributed by atoms with Gasteiger partial charge in [0.1, 0.15) is 0 Å². The molecule has 0 spiro atoms. The largest absolute Gasteiger partial charge is 0.355 e. The number of rotatable bonds is 6. The highest BCUT2D eigenvalue weighted by atomic mass is 16.2. The van der Waals surface area contributed by atoms with Gasteiger partial charge in [0.05, 0.1) is 5.41 Å². The smallest absolute Gasteiger partial charge is 0.230 e. The Morgan fingerprint density at radius 1 is 1.22 bits per heavy atom. The Balaban J connectivity index is 1.98. The van der Waals surface area contributed by atoms with E-state index in [2.05, 4.69) is 24.4 Å². The highest BCUT2D eigenvalue weighted by molar-refractivity contribution is 5.89. The fraction of sp³-hybridized carbons (Fsp3) is 0.562. The Kier molecular flexibility index (Phi) is 4.40. The van der Waals surface area contributed by atoms with Crippen molar-refractivity contribution in [3.8, 4) is 0 Å². The topological polar surface area (TPSA) is 29.1 Å². The molecular formula is C16H23NO. The van der Waals surface area contributed by atoms with Crippen LogP contribution in [0, 0.1) is 0 Å². The maximum absolute atomic E-state index is 12.4. The predicted molar refractivity (Wildman–Crippen MR) is 74.5 cm³/mol. The van der Waals surface area contributed by atoms with Crippen LogP contribution in [-0.4, -0.2) is 12.5 Å². The summed E-state index contributed by atoms with van der Waals surface area (Å²) in [6.45, 7) is 3.00. The summed E-state index contributed by atoms with van der Waals surface area (Å²) in [5.74, 6) is 0.232. The van der Waals surface area contributed by atoms with Gasteiger partial charge >= 0.3 is 0 Å². The molecule has 0 bridgehead atoms. The number of amides is 1. The van der Waals surface area contributed by atoms with E-state index in [1.165, 1.54) is 18.4 Å². The van der Waals surface area contributed by atoms with Gasteiger partial charge in [0.15, 0.2) is 0 Å². The number of hydrogen-bond donors (Lipinski definition) is 1. The second-order valence-corrected chi connectivity index (χ2v) is 5.26. The maximum Gasteiger partial charge on any atom is 0.230 e. The Labute approximate surface area is 110 Å². The molecule has 0 aromatic heterocycles. The van der Waals surface area contributed by atoms with Crippen LogP contribution in [0.2, 0.25) is 0 Å². The van der Waals surface area contributed by atoms with Crippen LogP contribution < -0.4 is 5.32 Å². The van der Waals surface area contributed by atoms with E-state index in [1.807, 2.05) is 18.2 Å². The molecule has 1 saturated carbocycles. The molecule has 18 heavy (non-hydrogen) atoms. The van der Waals surface area contributed by atoms with Crippen molar-refractivity contribution in [1.29, 1.82) is 0 Å². The van der Waals surface area contributed by atoms with Gasteiger partial charge in [0.2, 0.25) is 5.91 Å². The molecule has 2 heteroatoms. The standard InChI is InChI=1S/C16H23NO/c1-2-3-7-13-17-15(18)16(11-8-12-16)14-9-5-4-6-10-14/h4-6,9-10H,2-3,7-8,11-13H2,1H3,(H,17,18). The molecule has 2 rings (SSSR count). The molecule has 0 unspecified atom stereocenters. The average molecular weight is 245 g/mol. The second-order valence-electron chi connectivity index (χ2n) is 5.26. The zero-order valence-corrected chi connectivity index (χ0v) is 11.2. The molecule has 0 radical (unpaired) electrons. The zero-order valence-electron chi connectivity index (χ0n) is 11.2. The minimum atomic E-state index is -0.229. The van der Waals surface area contributed by atoms with Crippen LogP contribution in [0.25, 0.3) is 0 Å². The summed E-state index contributed by atoms with van der Waals surface area (Å²) in [4.78, 5) is 12.4. The van der Waals surface area contributed by atoms with Crippen molar-refractivity contribution in [3.63, 3.8) is 0 Å². The van der Waals surface area contributed by atoms with Crippen molar-refractivity contribution in [2.45, 2.75) is 50.9 Å². The molecule has 0 aliphatic heterocycles. The Hall–Kier alpha value is -1.31. The first-order chi connectivity index (χ1) is 8.79. The normalized spacial score (nSPS) is 16.9. The first-order valence-electron chi connectivity index (χ1n) is 7.13. The SMILES string of the molecule is CCCCCNC(=O)C1(c2ccccc2)CCC1. The number of benzene rings is 1. The molecule has 1 fully saturated rings.